The molecule has 0 aliphatic heterocycles. The molecule has 0 saturated carbocycles. The Labute approximate surface area is 131 Å². The van der Waals surface area contributed by atoms with E-state index in [2.05, 4.69) is 21.4 Å². The summed E-state index contributed by atoms with van der Waals surface area (Å²) in [6.07, 6.45) is 3.18. The predicted octanol–water partition coefficient (Wildman–Crippen LogP) is 1.33. The molecule has 0 atom stereocenters. The van der Waals surface area contributed by atoms with Gasteiger partial charge in [0, 0.05) is 16.8 Å². The van der Waals surface area contributed by atoms with Crippen LogP contribution in [0.2, 0.25) is 0 Å². The molecule has 1 aromatic carbocycles. The Hall–Kier alpha value is -3.40. The Morgan fingerprint density at radius 2 is 2.09 bits per heavy atom. The third-order valence-electron chi connectivity index (χ3n) is 4.06. The molecule has 7 heteroatoms. The molecule has 3 N–H and O–H groups in total. The van der Waals surface area contributed by atoms with Crippen LogP contribution in [0, 0.1) is 11.3 Å². The highest BCUT2D eigenvalue weighted by Gasteiger charge is 2.28. The Balaban J connectivity index is 1.97. The summed E-state index contributed by atoms with van der Waals surface area (Å²) < 4.78 is 1.70. The van der Waals surface area contributed by atoms with Crippen molar-refractivity contribution in [3.63, 3.8) is 0 Å². The number of aromatic amines is 1. The van der Waals surface area contributed by atoms with E-state index in [4.69, 9.17) is 11.0 Å². The molecule has 112 valence electrons. The molecule has 0 radical (unpaired) electrons. The molecule has 4 rings (SSSR count). The summed E-state index contributed by atoms with van der Waals surface area (Å²) in [5.41, 5.74) is 10.7. The van der Waals surface area contributed by atoms with Crippen LogP contribution in [0.4, 0.5) is 0 Å². The van der Waals surface area contributed by atoms with Crippen molar-refractivity contribution in [3.05, 3.63) is 53.0 Å². The highest BCUT2D eigenvalue weighted by Crippen LogP contribution is 2.35. The first kappa shape index (κ1) is 13.3. The molecule has 2 aromatic heterocycles. The first-order valence-corrected chi connectivity index (χ1v) is 7.14. The van der Waals surface area contributed by atoms with Crippen molar-refractivity contribution in [1.82, 2.24) is 20.0 Å². The molecule has 1 aliphatic rings. The van der Waals surface area contributed by atoms with Crippen LogP contribution in [0.1, 0.15) is 27.3 Å². The maximum Gasteiger partial charge on any atom is 0.269 e. The van der Waals surface area contributed by atoms with Gasteiger partial charge in [0.15, 0.2) is 5.69 Å². The van der Waals surface area contributed by atoms with Crippen molar-refractivity contribution in [3.8, 4) is 23.0 Å². The standard InChI is InChI=1S/C16H12N6O/c17-7-9-1-3-10(4-2-9)22-15-11(14(21-22)16(18)23)5-6-13-12(15)8-19-20-13/h1-4,8H,5-6H2,(H2,18,23)(H,19,20). The predicted molar refractivity (Wildman–Crippen MR) is 81.8 cm³/mol. The Morgan fingerprint density at radius 3 is 2.78 bits per heavy atom. The zero-order chi connectivity index (χ0) is 16.0. The van der Waals surface area contributed by atoms with Crippen molar-refractivity contribution < 1.29 is 4.79 Å². The molecule has 0 fully saturated rings. The van der Waals surface area contributed by atoms with Gasteiger partial charge in [-0.05, 0) is 37.1 Å². The van der Waals surface area contributed by atoms with E-state index >= 15 is 0 Å². The monoisotopic (exact) mass is 304 g/mol. The number of aromatic nitrogens is 4. The van der Waals surface area contributed by atoms with Gasteiger partial charge in [0.2, 0.25) is 0 Å². The lowest BCUT2D eigenvalue weighted by atomic mass is 9.93. The minimum atomic E-state index is -0.541. The molecule has 0 unspecified atom stereocenters. The van der Waals surface area contributed by atoms with Crippen LogP contribution in [-0.4, -0.2) is 25.9 Å². The number of carbonyl (C=O) groups is 1. The molecule has 1 amide bonds. The Morgan fingerprint density at radius 1 is 1.30 bits per heavy atom. The zero-order valence-electron chi connectivity index (χ0n) is 12.1. The average Bonchev–Trinajstić information content (AvgIpc) is 3.18. The Kier molecular flexibility index (Phi) is 2.78. The van der Waals surface area contributed by atoms with Gasteiger partial charge in [0.05, 0.1) is 29.2 Å². The lowest BCUT2D eigenvalue weighted by molar-refractivity contribution is 0.0994. The van der Waals surface area contributed by atoms with Crippen molar-refractivity contribution in [1.29, 1.82) is 5.26 Å². The fraction of sp³-hybridized carbons (Fsp3) is 0.125. The Bertz CT molecular complexity index is 958. The molecule has 3 aromatic rings. The number of nitrogens with one attached hydrogen (secondary N) is 1. The van der Waals surface area contributed by atoms with E-state index in [-0.39, 0.29) is 5.69 Å². The van der Waals surface area contributed by atoms with Gasteiger partial charge in [-0.25, -0.2) is 4.68 Å². The number of nitrogens with two attached hydrogens (primary N) is 1. The fourth-order valence-corrected chi connectivity index (χ4v) is 2.98. The summed E-state index contributed by atoms with van der Waals surface area (Å²) in [6.45, 7) is 0. The van der Waals surface area contributed by atoms with Crippen LogP contribution < -0.4 is 5.73 Å². The quantitative estimate of drug-likeness (QED) is 0.743. The molecule has 0 saturated heterocycles. The van der Waals surface area contributed by atoms with Crippen LogP contribution in [0.3, 0.4) is 0 Å². The summed E-state index contributed by atoms with van der Waals surface area (Å²) in [5.74, 6) is -0.541. The van der Waals surface area contributed by atoms with Gasteiger partial charge in [-0.2, -0.15) is 15.5 Å². The van der Waals surface area contributed by atoms with Gasteiger partial charge in [-0.1, -0.05) is 0 Å². The number of aryl methyl sites for hydroxylation is 1. The third-order valence-corrected chi connectivity index (χ3v) is 4.06. The second-order valence-electron chi connectivity index (χ2n) is 5.37. The second-order valence-corrected chi connectivity index (χ2v) is 5.37. The van der Waals surface area contributed by atoms with Gasteiger partial charge in [0.1, 0.15) is 0 Å². The van der Waals surface area contributed by atoms with Crippen LogP contribution in [0.5, 0.6) is 0 Å². The molecule has 2 heterocycles. The molecular weight excluding hydrogens is 292 g/mol. The van der Waals surface area contributed by atoms with Gasteiger partial charge in [0.25, 0.3) is 5.91 Å². The van der Waals surface area contributed by atoms with Crippen molar-refractivity contribution >= 4 is 5.91 Å². The molecule has 7 nitrogen and oxygen atoms in total. The number of primary amides is 1. The van der Waals surface area contributed by atoms with E-state index in [0.29, 0.717) is 12.0 Å². The topological polar surface area (TPSA) is 113 Å². The van der Waals surface area contributed by atoms with Crippen molar-refractivity contribution in [2.45, 2.75) is 12.8 Å². The minimum absolute atomic E-state index is 0.288. The van der Waals surface area contributed by atoms with E-state index in [1.54, 1.807) is 35.1 Å². The minimum Gasteiger partial charge on any atom is -0.364 e. The highest BCUT2D eigenvalue weighted by atomic mass is 16.1. The lowest BCUT2D eigenvalue weighted by Gasteiger charge is -2.14. The van der Waals surface area contributed by atoms with Gasteiger partial charge >= 0.3 is 0 Å². The maximum atomic E-state index is 11.7. The van der Waals surface area contributed by atoms with Crippen LogP contribution in [0.15, 0.2) is 30.5 Å². The smallest absolute Gasteiger partial charge is 0.269 e. The van der Waals surface area contributed by atoms with Crippen LogP contribution in [0.25, 0.3) is 16.9 Å². The molecule has 0 spiro atoms. The number of rotatable bonds is 2. The molecule has 0 bridgehead atoms. The number of hydrogen-bond acceptors (Lipinski definition) is 4. The van der Waals surface area contributed by atoms with E-state index in [1.807, 2.05) is 0 Å². The SMILES string of the molecule is N#Cc1ccc(-n2nc(C(N)=O)c3c2-c2cn[nH]c2CC3)cc1. The number of nitriles is 1. The average molecular weight is 304 g/mol. The molecule has 23 heavy (non-hydrogen) atoms. The van der Waals surface area contributed by atoms with Gasteiger partial charge in [-0.3, -0.25) is 9.89 Å². The van der Waals surface area contributed by atoms with Gasteiger partial charge in [-0.15, -0.1) is 0 Å². The summed E-state index contributed by atoms with van der Waals surface area (Å²) in [7, 11) is 0. The summed E-state index contributed by atoms with van der Waals surface area (Å²) in [4.78, 5) is 11.7. The lowest BCUT2D eigenvalue weighted by Crippen LogP contribution is -2.15. The largest absolute Gasteiger partial charge is 0.364 e. The number of amides is 1. The number of carbonyl (C=O) groups excluding carboxylic acids is 1. The number of hydrogen-bond donors (Lipinski definition) is 2. The second kappa shape index (κ2) is 4.81. The van der Waals surface area contributed by atoms with Crippen molar-refractivity contribution in [2.24, 2.45) is 5.73 Å². The molecular formula is C16H12N6O. The number of H-pyrrole nitrogens is 1. The maximum absolute atomic E-state index is 11.7. The number of nitrogens with zero attached hydrogens (tertiary/aromatic N) is 4. The summed E-state index contributed by atoms with van der Waals surface area (Å²) in [5, 5.41) is 20.4. The van der Waals surface area contributed by atoms with Gasteiger partial charge < -0.3 is 5.73 Å². The summed E-state index contributed by atoms with van der Waals surface area (Å²) in [6, 6.07) is 9.11. The first-order chi connectivity index (χ1) is 11.2. The first-order valence-electron chi connectivity index (χ1n) is 7.14. The van der Waals surface area contributed by atoms with E-state index in [1.165, 1.54) is 0 Å². The van der Waals surface area contributed by atoms with Crippen LogP contribution >= 0.6 is 0 Å². The van der Waals surface area contributed by atoms with E-state index < -0.39 is 5.91 Å². The number of benzene rings is 1. The van der Waals surface area contributed by atoms with E-state index in [0.717, 1.165) is 34.6 Å². The summed E-state index contributed by atoms with van der Waals surface area (Å²) >= 11 is 0. The number of fused-ring (bicyclic) bond motifs is 3. The van der Waals surface area contributed by atoms with E-state index in [9.17, 15) is 4.79 Å². The fourth-order valence-electron chi connectivity index (χ4n) is 2.98. The third kappa shape index (κ3) is 1.92. The van der Waals surface area contributed by atoms with Crippen LogP contribution in [-0.2, 0) is 12.8 Å². The molecule has 1 aliphatic carbocycles. The zero-order valence-corrected chi connectivity index (χ0v) is 12.1. The highest BCUT2D eigenvalue weighted by molar-refractivity contribution is 5.95. The van der Waals surface area contributed by atoms with Crippen molar-refractivity contribution in [2.75, 3.05) is 0 Å². The normalized spacial score (nSPS) is 12.3.